The minimum atomic E-state index is -0.718. The molecule has 2 aromatic rings. The van der Waals surface area contributed by atoms with Crippen molar-refractivity contribution in [1.29, 1.82) is 0 Å². The van der Waals surface area contributed by atoms with Crippen molar-refractivity contribution >= 4 is 23.1 Å². The first-order chi connectivity index (χ1) is 13.1. The van der Waals surface area contributed by atoms with Crippen molar-refractivity contribution in [1.82, 2.24) is 4.90 Å². The van der Waals surface area contributed by atoms with Gasteiger partial charge in [-0.1, -0.05) is 50.6 Å². The highest BCUT2D eigenvalue weighted by molar-refractivity contribution is 6.30. The molecular formula is C22H24ClFN2O2. The molecule has 28 heavy (non-hydrogen) atoms. The molecule has 0 saturated heterocycles. The number of benzene rings is 2. The predicted molar refractivity (Wildman–Crippen MR) is 109 cm³/mol. The van der Waals surface area contributed by atoms with Gasteiger partial charge in [0.2, 0.25) is 5.91 Å². The Morgan fingerprint density at radius 3 is 2.64 bits per heavy atom. The van der Waals surface area contributed by atoms with Crippen molar-refractivity contribution in [3.05, 3.63) is 70.5 Å². The van der Waals surface area contributed by atoms with Crippen LogP contribution in [0, 0.1) is 11.2 Å². The highest BCUT2D eigenvalue weighted by atomic mass is 35.5. The van der Waals surface area contributed by atoms with Gasteiger partial charge in [0.25, 0.3) is 0 Å². The lowest BCUT2D eigenvalue weighted by atomic mass is 9.86. The maximum Gasteiger partial charge on any atom is 0.241 e. The molecule has 2 aromatic carbocycles. The molecule has 0 aromatic heterocycles. The molecule has 4 nitrogen and oxygen atoms in total. The molecule has 3 rings (SSSR count). The molecule has 0 saturated carbocycles. The Bertz CT molecular complexity index is 936. The van der Waals surface area contributed by atoms with Gasteiger partial charge in [-0.05, 0) is 46.9 Å². The van der Waals surface area contributed by atoms with E-state index in [1.165, 1.54) is 12.1 Å². The number of aromatic hydroxyl groups is 1. The molecule has 2 atom stereocenters. The largest absolute Gasteiger partial charge is 0.508 e. The smallest absolute Gasteiger partial charge is 0.241 e. The molecule has 3 N–H and O–H groups in total. The van der Waals surface area contributed by atoms with Crippen LogP contribution in [0.15, 0.2) is 48.5 Å². The van der Waals surface area contributed by atoms with Gasteiger partial charge in [-0.2, -0.15) is 0 Å². The second kappa shape index (κ2) is 7.57. The molecule has 1 aliphatic rings. The van der Waals surface area contributed by atoms with E-state index in [4.69, 9.17) is 17.3 Å². The van der Waals surface area contributed by atoms with Crippen LogP contribution in [0.2, 0.25) is 5.02 Å². The lowest BCUT2D eigenvalue weighted by Crippen LogP contribution is -2.50. The van der Waals surface area contributed by atoms with E-state index in [1.54, 1.807) is 29.2 Å². The topological polar surface area (TPSA) is 66.6 Å². The van der Waals surface area contributed by atoms with E-state index < -0.39 is 23.3 Å². The van der Waals surface area contributed by atoms with Crippen LogP contribution in [0.3, 0.4) is 0 Å². The lowest BCUT2D eigenvalue weighted by molar-refractivity contribution is -0.135. The molecular weight excluding hydrogens is 379 g/mol. The Morgan fingerprint density at radius 1 is 1.29 bits per heavy atom. The predicted octanol–water partition coefficient (Wildman–Crippen LogP) is 4.53. The molecule has 0 aliphatic carbocycles. The number of nitrogens with zero attached hydrogens (tertiary/aromatic N) is 1. The summed E-state index contributed by atoms with van der Waals surface area (Å²) in [6.45, 7) is 5.92. The van der Waals surface area contributed by atoms with E-state index in [9.17, 15) is 14.3 Å². The third-order valence-electron chi connectivity index (χ3n) is 5.00. The van der Waals surface area contributed by atoms with Gasteiger partial charge in [0.1, 0.15) is 11.6 Å². The zero-order valence-corrected chi connectivity index (χ0v) is 16.9. The number of hydrogen-bond donors (Lipinski definition) is 2. The van der Waals surface area contributed by atoms with E-state index in [0.29, 0.717) is 16.2 Å². The zero-order chi connectivity index (χ0) is 20.6. The molecule has 0 fully saturated rings. The number of halogens is 2. The van der Waals surface area contributed by atoms with E-state index in [2.05, 4.69) is 0 Å². The summed E-state index contributed by atoms with van der Waals surface area (Å²) in [5.41, 5.74) is 7.54. The second-order valence-electron chi connectivity index (χ2n) is 8.17. The summed E-state index contributed by atoms with van der Waals surface area (Å²) in [5, 5.41) is 10.3. The summed E-state index contributed by atoms with van der Waals surface area (Å²) in [5.74, 6) is -0.532. The monoisotopic (exact) mass is 402 g/mol. The quantitative estimate of drug-likeness (QED) is 0.792. The molecule has 0 spiro atoms. The van der Waals surface area contributed by atoms with Crippen molar-refractivity contribution in [2.75, 3.05) is 6.54 Å². The average Bonchev–Trinajstić information content (AvgIpc) is 3.07. The number of carbonyl (C=O) groups excluding carboxylic acids is 1. The number of phenols is 1. The fourth-order valence-corrected chi connectivity index (χ4v) is 3.45. The maximum absolute atomic E-state index is 14.4. The van der Waals surface area contributed by atoms with E-state index >= 15 is 0 Å². The first-order valence-corrected chi connectivity index (χ1v) is 9.47. The number of carbonyl (C=O) groups is 1. The molecule has 1 aliphatic heterocycles. The number of rotatable bonds is 3. The summed E-state index contributed by atoms with van der Waals surface area (Å²) in [6, 6.07) is 9.87. The summed E-state index contributed by atoms with van der Waals surface area (Å²) >= 11 is 6.05. The summed E-state index contributed by atoms with van der Waals surface area (Å²) in [7, 11) is 0. The Labute approximate surface area is 169 Å². The van der Waals surface area contributed by atoms with Gasteiger partial charge >= 0.3 is 0 Å². The van der Waals surface area contributed by atoms with E-state index in [-0.39, 0.29) is 18.2 Å². The number of nitrogens with two attached hydrogens (primary N) is 1. The van der Waals surface area contributed by atoms with E-state index in [1.807, 2.05) is 32.9 Å². The number of phenolic OH excluding ortho intramolecular Hbond substituents is 1. The van der Waals surface area contributed by atoms with Gasteiger partial charge in [0.15, 0.2) is 0 Å². The van der Waals surface area contributed by atoms with Crippen LogP contribution in [0.25, 0.3) is 5.57 Å². The van der Waals surface area contributed by atoms with Crippen molar-refractivity contribution < 1.29 is 14.3 Å². The Kier molecular flexibility index (Phi) is 5.50. The van der Waals surface area contributed by atoms with Crippen molar-refractivity contribution in [2.45, 2.75) is 32.9 Å². The second-order valence-corrected chi connectivity index (χ2v) is 8.60. The fraction of sp³-hybridized carbons (Fsp3) is 0.318. The van der Waals surface area contributed by atoms with Crippen LogP contribution in [0.4, 0.5) is 4.39 Å². The maximum atomic E-state index is 14.4. The lowest BCUT2D eigenvalue weighted by Gasteiger charge is -2.33. The van der Waals surface area contributed by atoms with Crippen LogP contribution in [0.5, 0.6) is 5.75 Å². The van der Waals surface area contributed by atoms with Crippen LogP contribution in [-0.4, -0.2) is 28.5 Å². The summed E-state index contributed by atoms with van der Waals surface area (Å²) in [4.78, 5) is 14.8. The first kappa shape index (κ1) is 20.4. The van der Waals surface area contributed by atoms with Gasteiger partial charge in [-0.25, -0.2) is 4.39 Å². The first-order valence-electron chi connectivity index (χ1n) is 9.09. The Hall–Kier alpha value is -2.37. The third-order valence-corrected chi connectivity index (χ3v) is 5.24. The Balaban J connectivity index is 2.05. The van der Waals surface area contributed by atoms with Gasteiger partial charge in [-0.3, -0.25) is 4.79 Å². The zero-order valence-electron chi connectivity index (χ0n) is 16.1. The van der Waals surface area contributed by atoms with Gasteiger partial charge < -0.3 is 15.7 Å². The minimum absolute atomic E-state index is 0.0980. The van der Waals surface area contributed by atoms with E-state index in [0.717, 1.165) is 5.56 Å². The van der Waals surface area contributed by atoms with Crippen LogP contribution in [-0.2, 0) is 4.79 Å². The van der Waals surface area contributed by atoms with Gasteiger partial charge in [0.05, 0.1) is 12.1 Å². The third kappa shape index (κ3) is 4.05. The minimum Gasteiger partial charge on any atom is -0.508 e. The van der Waals surface area contributed by atoms with Gasteiger partial charge in [-0.15, -0.1) is 0 Å². The standard InChI is InChI=1S/C22H24ClFN2O2/c1-22(2,3)20(25)21(28)26-12-14(17-11-15(23)7-8-18(17)24)10-19(26)13-5-4-6-16(27)9-13/h4-11,19-20,27H,12,25H2,1-3H3. The number of amides is 1. The molecule has 1 amide bonds. The fourth-order valence-electron chi connectivity index (χ4n) is 3.28. The normalized spacial score (nSPS) is 18.1. The van der Waals surface area contributed by atoms with Crippen molar-refractivity contribution in [3.8, 4) is 5.75 Å². The molecule has 0 bridgehead atoms. The summed E-state index contributed by atoms with van der Waals surface area (Å²) in [6.07, 6.45) is 1.83. The van der Waals surface area contributed by atoms with Crippen LogP contribution in [0.1, 0.15) is 37.9 Å². The average molecular weight is 403 g/mol. The SMILES string of the molecule is CC(C)(C)C(N)C(=O)N1CC(c2cc(Cl)ccc2F)=CC1c1cccc(O)c1. The van der Waals surface area contributed by atoms with Crippen LogP contribution < -0.4 is 5.73 Å². The molecule has 2 unspecified atom stereocenters. The highest BCUT2D eigenvalue weighted by Crippen LogP contribution is 2.38. The molecule has 0 radical (unpaired) electrons. The highest BCUT2D eigenvalue weighted by Gasteiger charge is 2.38. The molecule has 1 heterocycles. The van der Waals surface area contributed by atoms with Crippen molar-refractivity contribution in [3.63, 3.8) is 0 Å². The van der Waals surface area contributed by atoms with Gasteiger partial charge in [0, 0.05) is 17.1 Å². The van der Waals surface area contributed by atoms with Crippen LogP contribution >= 0.6 is 11.6 Å². The molecule has 148 valence electrons. The molecule has 6 heteroatoms. The Morgan fingerprint density at radius 2 is 2.00 bits per heavy atom. The number of hydrogen-bond acceptors (Lipinski definition) is 3. The summed E-state index contributed by atoms with van der Waals surface area (Å²) < 4.78 is 14.4. The van der Waals surface area contributed by atoms with Crippen molar-refractivity contribution in [2.24, 2.45) is 11.1 Å².